The highest BCUT2D eigenvalue weighted by Crippen LogP contribution is 2.29. The summed E-state index contributed by atoms with van der Waals surface area (Å²) in [5, 5.41) is 8.54. The molecule has 0 radical (unpaired) electrons. The molecule has 0 aliphatic heterocycles. The van der Waals surface area contributed by atoms with Crippen molar-refractivity contribution in [3.05, 3.63) is 24.3 Å². The molecule has 1 atom stereocenters. The molecule has 0 heterocycles. The van der Waals surface area contributed by atoms with Crippen molar-refractivity contribution in [1.82, 2.24) is 0 Å². The summed E-state index contributed by atoms with van der Waals surface area (Å²) in [6.07, 6.45) is 0.729. The van der Waals surface area contributed by atoms with Crippen LogP contribution >= 0.6 is 0 Å². The summed E-state index contributed by atoms with van der Waals surface area (Å²) in [4.78, 5) is 10.4. The lowest BCUT2D eigenvalue weighted by Gasteiger charge is -2.12. The van der Waals surface area contributed by atoms with Crippen molar-refractivity contribution in [2.45, 2.75) is 27.2 Å². The monoisotopic (exact) mass is 206 g/mol. The predicted octanol–water partition coefficient (Wildman–Crippen LogP) is 3.42. The maximum atomic E-state index is 10.4. The van der Waals surface area contributed by atoms with E-state index in [1.807, 2.05) is 20.8 Å². The first-order chi connectivity index (χ1) is 7.06. The molecule has 2 rings (SSSR count). The first-order valence-electron chi connectivity index (χ1n) is 5.39. The molecule has 0 amide bonds. The van der Waals surface area contributed by atoms with E-state index in [-0.39, 0.29) is 11.8 Å². The van der Waals surface area contributed by atoms with Crippen LogP contribution in [0.3, 0.4) is 0 Å². The zero-order valence-corrected chi connectivity index (χ0v) is 9.53. The topological polar surface area (TPSA) is 37.3 Å². The summed E-state index contributed by atoms with van der Waals surface area (Å²) in [7, 11) is 0. The molecule has 0 bridgehead atoms. The molecule has 2 aliphatic carbocycles. The molecule has 82 valence electrons. The summed E-state index contributed by atoms with van der Waals surface area (Å²) in [6, 6.07) is 8.48. The quantitative estimate of drug-likeness (QED) is 0.835. The average molecular weight is 206 g/mol. The second kappa shape index (κ2) is 4.96. The van der Waals surface area contributed by atoms with Crippen molar-refractivity contribution in [3.63, 3.8) is 0 Å². The molecule has 0 spiro atoms. The lowest BCUT2D eigenvalue weighted by Crippen LogP contribution is -2.18. The van der Waals surface area contributed by atoms with Crippen molar-refractivity contribution in [1.29, 1.82) is 0 Å². The Balaban J connectivity index is 0.000000158. The summed E-state index contributed by atoms with van der Waals surface area (Å²) < 4.78 is 0. The standard InChI is InChI=1S/C7H14O2.C6H4/c1-4-6(5(2)3)7(8)9;1-2-6-4-3-5(1)6/h5-6H,4H2,1-3H3,(H,8,9);1-4H. The number of fused-ring (bicyclic) bond motifs is 1. The van der Waals surface area contributed by atoms with Crippen molar-refractivity contribution >= 4 is 5.97 Å². The van der Waals surface area contributed by atoms with Gasteiger partial charge >= 0.3 is 5.97 Å². The number of rotatable bonds is 3. The van der Waals surface area contributed by atoms with Gasteiger partial charge in [0, 0.05) is 0 Å². The SMILES string of the molecule is CCC(C(=O)O)C(C)C.c1cc2ccc1-2. The van der Waals surface area contributed by atoms with E-state index in [1.54, 1.807) is 0 Å². The third-order valence-electron chi connectivity index (χ3n) is 2.78. The van der Waals surface area contributed by atoms with Gasteiger partial charge in [0.25, 0.3) is 0 Å². The van der Waals surface area contributed by atoms with Crippen LogP contribution in [0.4, 0.5) is 0 Å². The maximum Gasteiger partial charge on any atom is 0.306 e. The number of hydrogen-bond donors (Lipinski definition) is 1. The third kappa shape index (κ3) is 2.82. The number of carboxylic acids is 1. The van der Waals surface area contributed by atoms with Gasteiger partial charge in [-0.1, -0.05) is 45.0 Å². The van der Waals surface area contributed by atoms with Gasteiger partial charge in [-0.15, -0.1) is 0 Å². The average Bonchev–Trinajstić information content (AvgIpc) is 2.12. The Kier molecular flexibility index (Phi) is 3.89. The highest BCUT2D eigenvalue weighted by atomic mass is 16.4. The van der Waals surface area contributed by atoms with Crippen LogP contribution < -0.4 is 0 Å². The fraction of sp³-hybridized carbons (Fsp3) is 0.462. The Morgan fingerprint density at radius 1 is 1.20 bits per heavy atom. The lowest BCUT2D eigenvalue weighted by atomic mass is 9.94. The van der Waals surface area contributed by atoms with E-state index in [4.69, 9.17) is 5.11 Å². The largest absolute Gasteiger partial charge is 0.481 e. The van der Waals surface area contributed by atoms with Gasteiger partial charge in [-0.2, -0.15) is 0 Å². The Bertz CT molecular complexity index is 304. The van der Waals surface area contributed by atoms with Crippen LogP contribution in [0.2, 0.25) is 0 Å². The summed E-state index contributed by atoms with van der Waals surface area (Å²) >= 11 is 0. The number of carboxylic acid groups (broad SMARTS) is 1. The van der Waals surface area contributed by atoms with Gasteiger partial charge in [-0.3, -0.25) is 4.79 Å². The second-order valence-corrected chi connectivity index (χ2v) is 4.17. The second-order valence-electron chi connectivity index (χ2n) is 4.17. The fourth-order valence-electron chi connectivity index (χ4n) is 1.59. The summed E-state index contributed by atoms with van der Waals surface area (Å²) in [6.45, 7) is 5.77. The van der Waals surface area contributed by atoms with Crippen molar-refractivity contribution in [2.24, 2.45) is 11.8 Å². The van der Waals surface area contributed by atoms with Crippen LogP contribution in [0.1, 0.15) is 27.2 Å². The molecule has 2 aliphatic rings. The molecule has 1 unspecified atom stereocenters. The third-order valence-corrected chi connectivity index (χ3v) is 2.78. The van der Waals surface area contributed by atoms with Crippen LogP contribution in [0, 0.1) is 11.8 Å². The molecule has 0 fully saturated rings. The minimum Gasteiger partial charge on any atom is -0.481 e. The van der Waals surface area contributed by atoms with Gasteiger partial charge in [0.15, 0.2) is 0 Å². The van der Waals surface area contributed by atoms with E-state index in [2.05, 4.69) is 24.3 Å². The van der Waals surface area contributed by atoms with E-state index < -0.39 is 5.97 Å². The Morgan fingerprint density at radius 2 is 1.60 bits per heavy atom. The van der Waals surface area contributed by atoms with Gasteiger partial charge in [0.1, 0.15) is 0 Å². The summed E-state index contributed by atoms with van der Waals surface area (Å²) in [5.41, 5.74) is 2.85. The summed E-state index contributed by atoms with van der Waals surface area (Å²) in [5.74, 6) is -0.579. The molecule has 1 N–H and O–H groups in total. The van der Waals surface area contributed by atoms with E-state index >= 15 is 0 Å². The smallest absolute Gasteiger partial charge is 0.306 e. The van der Waals surface area contributed by atoms with Crippen molar-refractivity contribution in [3.8, 4) is 11.1 Å². The van der Waals surface area contributed by atoms with Crippen LogP contribution in [-0.4, -0.2) is 11.1 Å². The lowest BCUT2D eigenvalue weighted by molar-refractivity contribution is -0.143. The normalized spacial score (nSPS) is 12.8. The fourth-order valence-corrected chi connectivity index (χ4v) is 1.59. The zero-order valence-electron chi connectivity index (χ0n) is 9.53. The zero-order chi connectivity index (χ0) is 11.4. The highest BCUT2D eigenvalue weighted by molar-refractivity contribution is 5.75. The van der Waals surface area contributed by atoms with Crippen molar-refractivity contribution < 1.29 is 9.90 Å². The van der Waals surface area contributed by atoms with E-state index in [0.29, 0.717) is 0 Å². The van der Waals surface area contributed by atoms with Gasteiger partial charge in [0.2, 0.25) is 0 Å². The molecule has 0 aromatic carbocycles. The molecule has 2 nitrogen and oxygen atoms in total. The number of hydrogen-bond acceptors (Lipinski definition) is 1. The van der Waals surface area contributed by atoms with E-state index in [0.717, 1.165) is 6.42 Å². The Labute approximate surface area is 90.9 Å². The number of carbonyl (C=O) groups is 1. The van der Waals surface area contributed by atoms with E-state index in [9.17, 15) is 4.79 Å². The van der Waals surface area contributed by atoms with Crippen molar-refractivity contribution in [2.75, 3.05) is 0 Å². The molecular weight excluding hydrogens is 188 g/mol. The Morgan fingerprint density at radius 3 is 1.60 bits per heavy atom. The minimum absolute atomic E-state index is 0.162. The Hall–Kier alpha value is -1.31. The minimum atomic E-state index is -0.674. The van der Waals surface area contributed by atoms with Crippen LogP contribution in [0.15, 0.2) is 24.3 Å². The molecule has 0 saturated carbocycles. The van der Waals surface area contributed by atoms with Gasteiger partial charge in [-0.05, 0) is 23.5 Å². The number of aliphatic carboxylic acids is 1. The van der Waals surface area contributed by atoms with Crippen LogP contribution in [0.5, 0.6) is 0 Å². The molecule has 0 aromatic rings. The van der Waals surface area contributed by atoms with Gasteiger partial charge < -0.3 is 5.11 Å². The maximum absolute atomic E-state index is 10.4. The van der Waals surface area contributed by atoms with Crippen LogP contribution in [0.25, 0.3) is 11.1 Å². The highest BCUT2D eigenvalue weighted by Gasteiger charge is 2.17. The first kappa shape index (κ1) is 11.8. The molecular formula is C13H18O2. The molecule has 15 heavy (non-hydrogen) atoms. The number of benzene rings is 1. The molecule has 0 aromatic heterocycles. The van der Waals surface area contributed by atoms with Gasteiger partial charge in [0.05, 0.1) is 5.92 Å². The van der Waals surface area contributed by atoms with Crippen LogP contribution in [-0.2, 0) is 4.79 Å². The van der Waals surface area contributed by atoms with E-state index in [1.165, 1.54) is 11.1 Å². The van der Waals surface area contributed by atoms with Gasteiger partial charge in [-0.25, -0.2) is 0 Å². The predicted molar refractivity (Wildman–Crippen MR) is 61.7 cm³/mol. The molecule has 2 heteroatoms. The molecule has 0 saturated heterocycles. The first-order valence-corrected chi connectivity index (χ1v) is 5.39.